The van der Waals surface area contributed by atoms with Crippen molar-refractivity contribution in [2.75, 3.05) is 5.43 Å². The second kappa shape index (κ2) is 3.54. The molecule has 64 valence electrons. The van der Waals surface area contributed by atoms with Crippen LogP contribution in [-0.4, -0.2) is 16.2 Å². The molecular weight excluding hydrogens is 162 g/mol. The Morgan fingerprint density at radius 1 is 1.67 bits per heavy atom. The monoisotopic (exact) mass is 169 g/mol. The number of nitrogens with one attached hydrogen (secondary N) is 1. The van der Waals surface area contributed by atoms with E-state index in [-0.39, 0.29) is 5.75 Å². The highest BCUT2D eigenvalue weighted by atomic mass is 16.7. The maximum absolute atomic E-state index is 10.0. The molecule has 0 spiro atoms. The van der Waals surface area contributed by atoms with Crippen molar-refractivity contribution in [1.82, 2.24) is 4.98 Å². The molecule has 0 atom stereocenters. The van der Waals surface area contributed by atoms with Gasteiger partial charge in [0, 0.05) is 0 Å². The van der Waals surface area contributed by atoms with Crippen molar-refractivity contribution in [2.24, 2.45) is 5.84 Å². The molecule has 6 nitrogen and oxygen atoms in total. The first-order valence-electron chi connectivity index (χ1n) is 3.06. The Morgan fingerprint density at radius 2 is 2.42 bits per heavy atom. The number of carboxylic acid groups (broad SMARTS) is 1. The molecule has 0 bridgehead atoms. The molecule has 0 radical (unpaired) electrons. The molecule has 0 aliphatic heterocycles. The van der Waals surface area contributed by atoms with Gasteiger partial charge < -0.3 is 15.3 Å². The molecule has 0 amide bonds. The van der Waals surface area contributed by atoms with Crippen molar-refractivity contribution < 1.29 is 14.6 Å². The molecular formula is C6H7N3O3. The minimum Gasteiger partial charge on any atom is -0.449 e. The zero-order chi connectivity index (χ0) is 8.97. The van der Waals surface area contributed by atoms with E-state index in [2.05, 4.69) is 15.1 Å². The highest BCUT2D eigenvalue weighted by Crippen LogP contribution is 2.10. The minimum absolute atomic E-state index is 0.154. The lowest BCUT2D eigenvalue weighted by Crippen LogP contribution is -2.08. The van der Waals surface area contributed by atoms with Crippen LogP contribution in [0.4, 0.5) is 10.6 Å². The third kappa shape index (κ3) is 2.10. The van der Waals surface area contributed by atoms with Gasteiger partial charge in [-0.2, -0.15) is 0 Å². The van der Waals surface area contributed by atoms with Gasteiger partial charge in [0.1, 0.15) is 5.82 Å². The first kappa shape index (κ1) is 8.28. The van der Waals surface area contributed by atoms with Crippen LogP contribution in [0.2, 0.25) is 0 Å². The van der Waals surface area contributed by atoms with E-state index in [1.54, 1.807) is 0 Å². The molecule has 4 N–H and O–H groups in total. The molecule has 6 heteroatoms. The molecule has 0 aromatic carbocycles. The maximum atomic E-state index is 10.0. The van der Waals surface area contributed by atoms with Crippen molar-refractivity contribution in [1.29, 1.82) is 0 Å². The van der Waals surface area contributed by atoms with E-state index in [0.717, 1.165) is 0 Å². The number of hydrazine groups is 1. The molecule has 0 saturated heterocycles. The fraction of sp³-hybridized carbons (Fsp3) is 0. The number of hydrogen-bond donors (Lipinski definition) is 3. The summed E-state index contributed by atoms with van der Waals surface area (Å²) < 4.78 is 4.30. The summed E-state index contributed by atoms with van der Waals surface area (Å²) in [6, 6.07) is 2.94. The molecule has 12 heavy (non-hydrogen) atoms. The van der Waals surface area contributed by atoms with Crippen LogP contribution in [0, 0.1) is 0 Å². The summed E-state index contributed by atoms with van der Waals surface area (Å²) in [5.74, 6) is 5.62. The standard InChI is InChI=1S/C6H7N3O3/c7-9-5-2-1-4(3-8-5)12-6(10)11/h1-3H,7H2,(H,8,9)(H,10,11). The molecule has 1 aromatic rings. The summed E-state index contributed by atoms with van der Waals surface area (Å²) in [7, 11) is 0. The zero-order valence-electron chi connectivity index (χ0n) is 6.02. The summed E-state index contributed by atoms with van der Waals surface area (Å²) in [4.78, 5) is 13.8. The van der Waals surface area contributed by atoms with Crippen LogP contribution >= 0.6 is 0 Å². The Balaban J connectivity index is 2.71. The first-order valence-corrected chi connectivity index (χ1v) is 3.06. The van der Waals surface area contributed by atoms with Crippen LogP contribution < -0.4 is 16.0 Å². The largest absolute Gasteiger partial charge is 0.511 e. The smallest absolute Gasteiger partial charge is 0.449 e. The van der Waals surface area contributed by atoms with E-state index < -0.39 is 6.16 Å². The van der Waals surface area contributed by atoms with E-state index >= 15 is 0 Å². The quantitative estimate of drug-likeness (QED) is 0.337. The molecule has 0 aliphatic carbocycles. The van der Waals surface area contributed by atoms with Gasteiger partial charge in [-0.15, -0.1) is 0 Å². The van der Waals surface area contributed by atoms with E-state index in [1.165, 1.54) is 18.3 Å². The van der Waals surface area contributed by atoms with Gasteiger partial charge in [-0.05, 0) is 12.1 Å². The fourth-order valence-corrected chi connectivity index (χ4v) is 0.627. The first-order chi connectivity index (χ1) is 5.72. The Hall–Kier alpha value is -1.82. The normalized spacial score (nSPS) is 9.08. The highest BCUT2D eigenvalue weighted by molar-refractivity contribution is 5.61. The van der Waals surface area contributed by atoms with Crippen LogP contribution in [0.15, 0.2) is 18.3 Å². The van der Waals surface area contributed by atoms with Gasteiger partial charge in [-0.3, -0.25) is 0 Å². The predicted octanol–water partition coefficient (Wildman–Crippen LogP) is 0.424. The SMILES string of the molecule is NNc1ccc(OC(=O)O)cn1. The van der Waals surface area contributed by atoms with E-state index in [1.807, 2.05) is 0 Å². The Labute approximate surface area is 67.9 Å². The lowest BCUT2D eigenvalue weighted by atomic mass is 10.4. The van der Waals surface area contributed by atoms with E-state index in [4.69, 9.17) is 10.9 Å². The molecule has 1 aromatic heterocycles. The highest BCUT2D eigenvalue weighted by Gasteiger charge is 1.99. The number of nitrogens with zero attached hydrogens (tertiary/aromatic N) is 1. The summed E-state index contributed by atoms with van der Waals surface area (Å²) in [6.45, 7) is 0. The van der Waals surface area contributed by atoms with Gasteiger partial charge in [0.25, 0.3) is 0 Å². The Morgan fingerprint density at radius 3 is 2.83 bits per heavy atom. The number of anilines is 1. The number of pyridine rings is 1. The van der Waals surface area contributed by atoms with Gasteiger partial charge in [-0.1, -0.05) is 0 Å². The average molecular weight is 169 g/mol. The second-order valence-corrected chi connectivity index (χ2v) is 1.89. The lowest BCUT2D eigenvalue weighted by molar-refractivity contribution is 0.144. The van der Waals surface area contributed by atoms with Gasteiger partial charge in [0.05, 0.1) is 6.20 Å². The maximum Gasteiger partial charge on any atom is 0.511 e. The van der Waals surface area contributed by atoms with Crippen LogP contribution in [0.1, 0.15) is 0 Å². The van der Waals surface area contributed by atoms with Crippen molar-refractivity contribution in [2.45, 2.75) is 0 Å². The third-order valence-electron chi connectivity index (χ3n) is 1.09. The third-order valence-corrected chi connectivity index (χ3v) is 1.09. The van der Waals surface area contributed by atoms with Crippen LogP contribution in [-0.2, 0) is 0 Å². The summed E-state index contributed by atoms with van der Waals surface area (Å²) in [5, 5.41) is 8.20. The van der Waals surface area contributed by atoms with Crippen molar-refractivity contribution in [3.63, 3.8) is 0 Å². The Kier molecular flexibility index (Phi) is 2.44. The number of nitrogen functional groups attached to an aromatic ring is 1. The van der Waals surface area contributed by atoms with Gasteiger partial charge in [-0.25, -0.2) is 15.6 Å². The number of rotatable bonds is 2. The molecule has 0 unspecified atom stereocenters. The molecule has 0 aliphatic rings. The molecule has 1 rings (SSSR count). The molecule has 0 fully saturated rings. The van der Waals surface area contributed by atoms with Gasteiger partial charge in [0.2, 0.25) is 0 Å². The average Bonchev–Trinajstić information content (AvgIpc) is 2.05. The van der Waals surface area contributed by atoms with Crippen LogP contribution in [0.5, 0.6) is 5.75 Å². The minimum atomic E-state index is -1.37. The van der Waals surface area contributed by atoms with Crippen molar-refractivity contribution in [3.8, 4) is 5.75 Å². The molecule has 0 saturated carbocycles. The van der Waals surface area contributed by atoms with E-state index in [0.29, 0.717) is 5.82 Å². The second-order valence-electron chi connectivity index (χ2n) is 1.89. The summed E-state index contributed by atoms with van der Waals surface area (Å²) >= 11 is 0. The van der Waals surface area contributed by atoms with Crippen molar-refractivity contribution >= 4 is 12.0 Å². The van der Waals surface area contributed by atoms with Crippen LogP contribution in [0.25, 0.3) is 0 Å². The summed E-state index contributed by atoms with van der Waals surface area (Å²) in [6.07, 6.45) is -0.117. The Bertz CT molecular complexity index is 272. The van der Waals surface area contributed by atoms with E-state index in [9.17, 15) is 4.79 Å². The predicted molar refractivity (Wildman–Crippen MR) is 40.7 cm³/mol. The topological polar surface area (TPSA) is 97.5 Å². The zero-order valence-corrected chi connectivity index (χ0v) is 6.02. The fourth-order valence-electron chi connectivity index (χ4n) is 0.627. The number of ether oxygens (including phenoxy) is 1. The number of carbonyl (C=O) groups is 1. The van der Waals surface area contributed by atoms with Gasteiger partial charge in [0.15, 0.2) is 5.75 Å². The summed E-state index contributed by atoms with van der Waals surface area (Å²) in [5.41, 5.74) is 2.29. The lowest BCUT2D eigenvalue weighted by Gasteiger charge is -2.00. The van der Waals surface area contributed by atoms with Gasteiger partial charge >= 0.3 is 6.16 Å². The number of aromatic nitrogens is 1. The molecule has 1 heterocycles. The van der Waals surface area contributed by atoms with Crippen LogP contribution in [0.3, 0.4) is 0 Å². The van der Waals surface area contributed by atoms with Crippen molar-refractivity contribution in [3.05, 3.63) is 18.3 Å². The number of nitrogens with two attached hydrogens (primary N) is 1. The number of hydrogen-bond acceptors (Lipinski definition) is 5.